The molecule has 0 unspecified atom stereocenters. The zero-order valence-corrected chi connectivity index (χ0v) is 11.7. The minimum atomic E-state index is -0.168. The number of hydrogen-bond acceptors (Lipinski definition) is 3. The first kappa shape index (κ1) is 13.0. The Hall–Kier alpha value is -2.04. The average Bonchev–Trinajstić information content (AvgIpc) is 2.78. The van der Waals surface area contributed by atoms with Crippen LogP contribution in [0.25, 0.3) is 16.7 Å². The van der Waals surface area contributed by atoms with Gasteiger partial charge in [0.2, 0.25) is 0 Å². The Balaban J connectivity index is 2.37. The van der Waals surface area contributed by atoms with Crippen LogP contribution in [0.4, 0.5) is 5.69 Å². The van der Waals surface area contributed by atoms with Gasteiger partial charge >= 0.3 is 0 Å². The largest absolute Gasteiger partial charge is 0.399 e. The monoisotopic (exact) mass is 287 g/mol. The molecule has 5 heteroatoms. The van der Waals surface area contributed by atoms with Crippen molar-refractivity contribution in [1.82, 2.24) is 9.55 Å². The Morgan fingerprint density at radius 3 is 2.80 bits per heavy atom. The Bertz CT molecular complexity index is 795. The molecule has 3 N–H and O–H groups in total. The number of aliphatic hydroxyl groups is 1. The van der Waals surface area contributed by atoms with Crippen LogP contribution in [-0.4, -0.2) is 14.7 Å². The molecule has 2 aromatic carbocycles. The van der Waals surface area contributed by atoms with Gasteiger partial charge in [0, 0.05) is 5.69 Å². The van der Waals surface area contributed by atoms with E-state index >= 15 is 0 Å². The molecule has 0 saturated carbocycles. The highest BCUT2D eigenvalue weighted by Crippen LogP contribution is 2.28. The highest BCUT2D eigenvalue weighted by Gasteiger charge is 2.14. The first-order valence-corrected chi connectivity index (χ1v) is 6.62. The molecular weight excluding hydrogens is 274 g/mol. The van der Waals surface area contributed by atoms with Gasteiger partial charge in [-0.05, 0) is 42.8 Å². The van der Waals surface area contributed by atoms with Gasteiger partial charge in [0.1, 0.15) is 12.4 Å². The molecule has 0 atom stereocenters. The Morgan fingerprint density at radius 2 is 2.05 bits per heavy atom. The van der Waals surface area contributed by atoms with Crippen LogP contribution in [0, 0.1) is 6.92 Å². The number of hydrogen-bond donors (Lipinski definition) is 2. The summed E-state index contributed by atoms with van der Waals surface area (Å²) in [6.45, 7) is 1.83. The maximum atomic E-state index is 9.55. The Kier molecular flexibility index (Phi) is 3.12. The molecule has 1 heterocycles. The second-order valence-electron chi connectivity index (χ2n) is 4.72. The number of anilines is 1. The van der Waals surface area contributed by atoms with Crippen LogP contribution in [-0.2, 0) is 6.61 Å². The van der Waals surface area contributed by atoms with Crippen LogP contribution in [0.5, 0.6) is 0 Å². The fourth-order valence-corrected chi connectivity index (χ4v) is 2.52. The third-order valence-corrected chi connectivity index (χ3v) is 3.55. The summed E-state index contributed by atoms with van der Waals surface area (Å²) in [7, 11) is 0. The van der Waals surface area contributed by atoms with Crippen LogP contribution in [0.2, 0.25) is 5.02 Å². The minimum Gasteiger partial charge on any atom is -0.399 e. The van der Waals surface area contributed by atoms with E-state index < -0.39 is 0 Å². The van der Waals surface area contributed by atoms with Gasteiger partial charge < -0.3 is 10.8 Å². The van der Waals surface area contributed by atoms with E-state index in [1.54, 1.807) is 6.07 Å². The SMILES string of the molecule is Cc1ccc(Cl)c(-n2c(CO)nc3cc(N)ccc32)c1. The van der Waals surface area contributed by atoms with Crippen molar-refractivity contribution in [3.63, 3.8) is 0 Å². The predicted octanol–water partition coefficient (Wildman–Crippen LogP) is 3.06. The van der Waals surface area contributed by atoms with E-state index in [1.807, 2.05) is 41.8 Å². The molecule has 0 radical (unpaired) electrons. The molecule has 3 rings (SSSR count). The van der Waals surface area contributed by atoms with E-state index in [0.717, 1.165) is 22.3 Å². The van der Waals surface area contributed by atoms with Crippen LogP contribution < -0.4 is 5.73 Å². The summed E-state index contributed by atoms with van der Waals surface area (Å²) in [5.74, 6) is 0.540. The normalized spacial score (nSPS) is 11.2. The second kappa shape index (κ2) is 4.81. The fourth-order valence-electron chi connectivity index (χ4n) is 2.32. The summed E-state index contributed by atoms with van der Waals surface area (Å²) >= 11 is 6.29. The van der Waals surface area contributed by atoms with Crippen molar-refractivity contribution in [2.45, 2.75) is 13.5 Å². The molecule has 0 amide bonds. The van der Waals surface area contributed by atoms with Gasteiger partial charge in [-0.2, -0.15) is 0 Å². The number of imidazole rings is 1. The number of nitrogens with zero attached hydrogens (tertiary/aromatic N) is 2. The standard InChI is InChI=1S/C15H14ClN3O/c1-9-2-4-11(16)14(6-9)19-13-5-3-10(17)7-12(13)18-15(19)8-20/h2-7,20H,8,17H2,1H3. The number of halogens is 1. The fraction of sp³-hybridized carbons (Fsp3) is 0.133. The molecule has 0 aliphatic carbocycles. The molecule has 0 fully saturated rings. The van der Waals surface area contributed by atoms with Crippen LogP contribution in [0.3, 0.4) is 0 Å². The number of benzene rings is 2. The number of nitrogen functional groups attached to an aromatic ring is 1. The lowest BCUT2D eigenvalue weighted by molar-refractivity contribution is 0.270. The third-order valence-electron chi connectivity index (χ3n) is 3.23. The number of rotatable bonds is 2. The van der Waals surface area contributed by atoms with Gasteiger partial charge in [0.05, 0.1) is 21.7 Å². The van der Waals surface area contributed by atoms with E-state index in [9.17, 15) is 5.11 Å². The predicted molar refractivity (Wildman–Crippen MR) is 81.2 cm³/mol. The molecule has 1 aromatic heterocycles. The summed E-state index contributed by atoms with van der Waals surface area (Å²) in [4.78, 5) is 4.41. The molecule has 20 heavy (non-hydrogen) atoms. The Labute approximate surface area is 121 Å². The van der Waals surface area contributed by atoms with E-state index in [-0.39, 0.29) is 6.61 Å². The number of nitrogens with two attached hydrogens (primary N) is 1. The molecule has 0 saturated heterocycles. The first-order valence-electron chi connectivity index (χ1n) is 6.24. The van der Waals surface area contributed by atoms with Crippen molar-refractivity contribution in [3.8, 4) is 5.69 Å². The van der Waals surface area contributed by atoms with Crippen molar-refractivity contribution in [1.29, 1.82) is 0 Å². The third kappa shape index (κ3) is 2.03. The molecule has 0 bridgehead atoms. The lowest BCUT2D eigenvalue weighted by atomic mass is 10.2. The summed E-state index contributed by atoms with van der Waals surface area (Å²) in [6, 6.07) is 11.2. The maximum Gasteiger partial charge on any atom is 0.140 e. The van der Waals surface area contributed by atoms with Crippen molar-refractivity contribution >= 4 is 28.3 Å². The van der Waals surface area contributed by atoms with Gasteiger partial charge in [-0.1, -0.05) is 17.7 Å². The lowest BCUT2D eigenvalue weighted by Gasteiger charge is -2.11. The molecule has 4 nitrogen and oxygen atoms in total. The average molecular weight is 288 g/mol. The zero-order valence-electron chi connectivity index (χ0n) is 11.0. The van der Waals surface area contributed by atoms with Gasteiger partial charge in [0.15, 0.2) is 0 Å². The maximum absolute atomic E-state index is 9.55. The summed E-state index contributed by atoms with van der Waals surface area (Å²) in [5.41, 5.74) is 9.93. The molecule has 3 aromatic rings. The second-order valence-corrected chi connectivity index (χ2v) is 5.13. The van der Waals surface area contributed by atoms with Crippen LogP contribution in [0.1, 0.15) is 11.4 Å². The van der Waals surface area contributed by atoms with Crippen molar-refractivity contribution < 1.29 is 5.11 Å². The minimum absolute atomic E-state index is 0.168. The van der Waals surface area contributed by atoms with Gasteiger partial charge in [-0.3, -0.25) is 4.57 Å². The quantitative estimate of drug-likeness (QED) is 0.712. The summed E-state index contributed by atoms with van der Waals surface area (Å²) in [5, 5.41) is 10.2. The number of aromatic nitrogens is 2. The van der Waals surface area contributed by atoms with Crippen molar-refractivity contribution in [2.75, 3.05) is 5.73 Å². The Morgan fingerprint density at radius 1 is 1.25 bits per heavy atom. The summed E-state index contributed by atoms with van der Waals surface area (Å²) in [6.07, 6.45) is 0. The lowest BCUT2D eigenvalue weighted by Crippen LogP contribution is -2.02. The van der Waals surface area contributed by atoms with Gasteiger partial charge in [0.25, 0.3) is 0 Å². The van der Waals surface area contributed by atoms with E-state index in [0.29, 0.717) is 16.5 Å². The van der Waals surface area contributed by atoms with Crippen LogP contribution in [0.15, 0.2) is 36.4 Å². The molecule has 102 valence electrons. The highest BCUT2D eigenvalue weighted by molar-refractivity contribution is 6.32. The highest BCUT2D eigenvalue weighted by atomic mass is 35.5. The van der Waals surface area contributed by atoms with E-state index in [4.69, 9.17) is 17.3 Å². The van der Waals surface area contributed by atoms with Gasteiger partial charge in [-0.15, -0.1) is 0 Å². The number of aliphatic hydroxyl groups excluding tert-OH is 1. The molecule has 0 aliphatic heterocycles. The topological polar surface area (TPSA) is 64.1 Å². The first-order chi connectivity index (χ1) is 9.60. The molecule has 0 spiro atoms. The molecular formula is C15H14ClN3O. The zero-order chi connectivity index (χ0) is 14.3. The van der Waals surface area contributed by atoms with Crippen LogP contribution >= 0.6 is 11.6 Å². The summed E-state index contributed by atoms with van der Waals surface area (Å²) < 4.78 is 1.87. The molecule has 0 aliphatic rings. The van der Waals surface area contributed by atoms with Crippen molar-refractivity contribution in [3.05, 3.63) is 52.8 Å². The number of aryl methyl sites for hydroxylation is 1. The van der Waals surface area contributed by atoms with Crippen molar-refractivity contribution in [2.24, 2.45) is 0 Å². The van der Waals surface area contributed by atoms with E-state index in [1.165, 1.54) is 0 Å². The number of fused-ring (bicyclic) bond motifs is 1. The van der Waals surface area contributed by atoms with E-state index in [2.05, 4.69) is 4.98 Å². The smallest absolute Gasteiger partial charge is 0.140 e. The van der Waals surface area contributed by atoms with Gasteiger partial charge in [-0.25, -0.2) is 4.98 Å².